The summed E-state index contributed by atoms with van der Waals surface area (Å²) >= 11 is 0.459. The Morgan fingerprint density at radius 1 is 1.29 bits per heavy atom. The number of alkyl halides is 3. The minimum Gasteiger partial charge on any atom is -0.396 e. The second-order valence-electron chi connectivity index (χ2n) is 2.52. The van der Waals surface area contributed by atoms with Crippen LogP contribution >= 0.6 is 11.3 Å². The molecule has 0 aliphatic carbocycles. The van der Waals surface area contributed by atoms with Crippen molar-refractivity contribution >= 4 is 11.3 Å². The number of hydrogen-bond acceptors (Lipinski definition) is 4. The van der Waals surface area contributed by atoms with Crippen molar-refractivity contribution in [2.75, 3.05) is 6.61 Å². The van der Waals surface area contributed by atoms with Crippen LogP contribution in [0.4, 0.5) is 13.2 Å². The van der Waals surface area contributed by atoms with Gasteiger partial charge in [-0.2, -0.15) is 13.2 Å². The normalized spacial score (nSPS) is 12.1. The number of rotatable bonds is 3. The van der Waals surface area contributed by atoms with E-state index in [0.717, 1.165) is 0 Å². The first-order chi connectivity index (χ1) is 6.49. The third kappa shape index (κ3) is 2.43. The summed E-state index contributed by atoms with van der Waals surface area (Å²) in [7, 11) is 0. The molecular formula is C7H8F3NO2S. The minimum atomic E-state index is -4.48. The van der Waals surface area contributed by atoms with Crippen LogP contribution in [0.15, 0.2) is 0 Å². The van der Waals surface area contributed by atoms with Crippen molar-refractivity contribution < 1.29 is 23.4 Å². The zero-order valence-corrected chi connectivity index (χ0v) is 7.82. The lowest BCUT2D eigenvalue weighted by atomic mass is 10.3. The van der Waals surface area contributed by atoms with E-state index in [1.807, 2.05) is 0 Å². The zero-order valence-electron chi connectivity index (χ0n) is 7.01. The van der Waals surface area contributed by atoms with Crippen LogP contribution in [-0.2, 0) is 19.2 Å². The standard InChI is InChI=1S/C7H8F3NO2S/c8-7(9,10)6-11-4(3-13)5(14-6)1-2-12/h12-13H,1-3H2. The lowest BCUT2D eigenvalue weighted by Crippen LogP contribution is -2.04. The molecule has 0 fully saturated rings. The molecule has 0 radical (unpaired) electrons. The lowest BCUT2D eigenvalue weighted by Gasteiger charge is -1.98. The molecule has 1 aromatic rings. The van der Waals surface area contributed by atoms with Gasteiger partial charge in [0.25, 0.3) is 0 Å². The van der Waals surface area contributed by atoms with Crippen molar-refractivity contribution in [3.63, 3.8) is 0 Å². The van der Waals surface area contributed by atoms with Crippen molar-refractivity contribution in [3.05, 3.63) is 15.6 Å². The topological polar surface area (TPSA) is 53.4 Å². The number of nitrogens with zero attached hydrogens (tertiary/aromatic N) is 1. The largest absolute Gasteiger partial charge is 0.443 e. The molecule has 7 heteroatoms. The minimum absolute atomic E-state index is 0.00336. The second kappa shape index (κ2) is 4.24. The first-order valence-electron chi connectivity index (χ1n) is 3.76. The van der Waals surface area contributed by atoms with Crippen LogP contribution in [-0.4, -0.2) is 21.8 Å². The van der Waals surface area contributed by atoms with Crippen molar-refractivity contribution in [1.29, 1.82) is 0 Å². The van der Waals surface area contributed by atoms with Gasteiger partial charge in [-0.15, -0.1) is 11.3 Å². The third-order valence-corrected chi connectivity index (χ3v) is 2.71. The van der Waals surface area contributed by atoms with Crippen LogP contribution in [0.2, 0.25) is 0 Å². The summed E-state index contributed by atoms with van der Waals surface area (Å²) in [5.74, 6) is 0. The molecule has 0 amide bonds. The third-order valence-electron chi connectivity index (χ3n) is 1.51. The Balaban J connectivity index is 3.00. The van der Waals surface area contributed by atoms with Crippen LogP contribution in [0.25, 0.3) is 0 Å². The van der Waals surface area contributed by atoms with Gasteiger partial charge in [-0.25, -0.2) is 4.98 Å². The van der Waals surface area contributed by atoms with Gasteiger partial charge in [0.15, 0.2) is 5.01 Å². The van der Waals surface area contributed by atoms with Gasteiger partial charge < -0.3 is 10.2 Å². The Labute approximate surface area is 81.8 Å². The highest BCUT2D eigenvalue weighted by Gasteiger charge is 2.35. The van der Waals surface area contributed by atoms with Crippen LogP contribution in [0.3, 0.4) is 0 Å². The van der Waals surface area contributed by atoms with Crippen LogP contribution in [0.5, 0.6) is 0 Å². The number of hydrogen-bond donors (Lipinski definition) is 2. The summed E-state index contributed by atoms with van der Waals surface area (Å²) in [6.45, 7) is -0.797. The molecule has 2 N–H and O–H groups in total. The molecule has 0 saturated heterocycles. The first kappa shape index (κ1) is 11.4. The molecular weight excluding hydrogens is 219 g/mol. The van der Waals surface area contributed by atoms with Gasteiger partial charge in [0.1, 0.15) is 0 Å². The highest BCUT2D eigenvalue weighted by Crippen LogP contribution is 2.34. The summed E-state index contributed by atoms with van der Waals surface area (Å²) in [5.41, 5.74) is -0.00336. The molecule has 0 aliphatic heterocycles. The number of halogens is 3. The summed E-state index contributed by atoms with van der Waals surface area (Å²) in [6.07, 6.45) is -4.40. The SMILES string of the molecule is OCCc1sc(C(F)(F)F)nc1CO. The van der Waals surface area contributed by atoms with Crippen LogP contribution in [0.1, 0.15) is 15.6 Å². The maximum atomic E-state index is 12.2. The van der Waals surface area contributed by atoms with Gasteiger partial charge in [-0.1, -0.05) is 0 Å². The Morgan fingerprint density at radius 3 is 2.36 bits per heavy atom. The fourth-order valence-corrected chi connectivity index (χ4v) is 1.85. The van der Waals surface area contributed by atoms with E-state index in [0.29, 0.717) is 11.3 Å². The van der Waals surface area contributed by atoms with Crippen LogP contribution < -0.4 is 0 Å². The highest BCUT2D eigenvalue weighted by molar-refractivity contribution is 7.11. The molecule has 0 aromatic carbocycles. The second-order valence-corrected chi connectivity index (χ2v) is 3.60. The van der Waals surface area contributed by atoms with Crippen molar-refractivity contribution in [1.82, 2.24) is 4.98 Å². The van der Waals surface area contributed by atoms with E-state index in [2.05, 4.69) is 4.98 Å². The van der Waals surface area contributed by atoms with Gasteiger partial charge in [0.2, 0.25) is 0 Å². The average Bonchev–Trinajstić information content (AvgIpc) is 2.47. The van der Waals surface area contributed by atoms with E-state index in [9.17, 15) is 13.2 Å². The molecule has 1 heterocycles. The summed E-state index contributed by atoms with van der Waals surface area (Å²) in [6, 6.07) is 0. The van der Waals surface area contributed by atoms with E-state index >= 15 is 0 Å². The molecule has 0 spiro atoms. The van der Waals surface area contributed by atoms with E-state index in [1.165, 1.54) is 0 Å². The van der Waals surface area contributed by atoms with E-state index in [-0.39, 0.29) is 23.6 Å². The first-order valence-corrected chi connectivity index (χ1v) is 4.58. The maximum absolute atomic E-state index is 12.2. The van der Waals surface area contributed by atoms with Crippen molar-refractivity contribution in [2.45, 2.75) is 19.2 Å². The average molecular weight is 227 g/mol. The molecule has 0 saturated carbocycles. The molecule has 0 atom stereocenters. The molecule has 3 nitrogen and oxygen atoms in total. The molecule has 1 aromatic heterocycles. The van der Waals surface area contributed by atoms with E-state index in [4.69, 9.17) is 10.2 Å². The maximum Gasteiger partial charge on any atom is 0.443 e. The zero-order chi connectivity index (χ0) is 10.8. The molecule has 80 valence electrons. The predicted molar refractivity (Wildman–Crippen MR) is 43.8 cm³/mol. The molecule has 0 bridgehead atoms. The number of aliphatic hydroxyl groups excluding tert-OH is 2. The summed E-state index contributed by atoms with van der Waals surface area (Å²) < 4.78 is 36.5. The van der Waals surface area contributed by atoms with Gasteiger partial charge in [0, 0.05) is 17.9 Å². The number of thiazole rings is 1. The molecule has 14 heavy (non-hydrogen) atoms. The van der Waals surface area contributed by atoms with Crippen molar-refractivity contribution in [3.8, 4) is 0 Å². The number of aliphatic hydroxyl groups is 2. The predicted octanol–water partition coefficient (Wildman–Crippen LogP) is 1.19. The van der Waals surface area contributed by atoms with E-state index in [1.54, 1.807) is 0 Å². The Kier molecular flexibility index (Phi) is 3.46. The monoisotopic (exact) mass is 227 g/mol. The number of aromatic nitrogens is 1. The van der Waals surface area contributed by atoms with Gasteiger partial charge in [-0.3, -0.25) is 0 Å². The fourth-order valence-electron chi connectivity index (χ4n) is 0.925. The Hall–Kier alpha value is -0.660. The fraction of sp³-hybridized carbons (Fsp3) is 0.571. The van der Waals surface area contributed by atoms with Crippen molar-refractivity contribution in [2.24, 2.45) is 0 Å². The van der Waals surface area contributed by atoms with Gasteiger partial charge in [0.05, 0.1) is 12.3 Å². The molecule has 0 unspecified atom stereocenters. The Bertz CT molecular complexity index is 310. The Morgan fingerprint density at radius 2 is 1.93 bits per heavy atom. The summed E-state index contributed by atoms with van der Waals surface area (Å²) in [5, 5.41) is 16.3. The van der Waals surface area contributed by atoms with E-state index < -0.39 is 17.8 Å². The van der Waals surface area contributed by atoms with Gasteiger partial charge in [-0.05, 0) is 0 Å². The molecule has 0 aliphatic rings. The highest BCUT2D eigenvalue weighted by atomic mass is 32.1. The smallest absolute Gasteiger partial charge is 0.396 e. The molecule has 1 rings (SSSR count). The quantitative estimate of drug-likeness (QED) is 0.815. The summed E-state index contributed by atoms with van der Waals surface area (Å²) in [4.78, 5) is 3.53. The lowest BCUT2D eigenvalue weighted by molar-refractivity contribution is -0.137. The van der Waals surface area contributed by atoms with Crippen LogP contribution in [0, 0.1) is 0 Å². The van der Waals surface area contributed by atoms with Gasteiger partial charge >= 0.3 is 6.18 Å².